The van der Waals surface area contributed by atoms with Crippen LogP contribution in [0.4, 0.5) is 0 Å². The highest BCUT2D eigenvalue weighted by Gasteiger charge is 2.28. The molecular weight excluding hydrogens is 236 g/mol. The van der Waals surface area contributed by atoms with Gasteiger partial charge in [0.1, 0.15) is 0 Å². The molecule has 1 fully saturated rings. The summed E-state index contributed by atoms with van der Waals surface area (Å²) in [6, 6.07) is 7.63. The summed E-state index contributed by atoms with van der Waals surface area (Å²) in [5.74, 6) is 1.78. The molecule has 4 heteroatoms. The minimum atomic E-state index is 0.491. The molecule has 1 aromatic carbocycles. The summed E-state index contributed by atoms with van der Waals surface area (Å²) in [4.78, 5) is 0. The van der Waals surface area contributed by atoms with Gasteiger partial charge in [-0.05, 0) is 30.5 Å². The van der Waals surface area contributed by atoms with Gasteiger partial charge in [0.15, 0.2) is 0 Å². The molecule has 1 heterocycles. The molecule has 86 valence electrons. The number of nitrogens with zero attached hydrogens (tertiary/aromatic N) is 2. The van der Waals surface area contributed by atoms with Crippen LogP contribution in [0.5, 0.6) is 0 Å². The van der Waals surface area contributed by atoms with Crippen molar-refractivity contribution in [2.75, 3.05) is 0 Å². The van der Waals surface area contributed by atoms with Crippen molar-refractivity contribution in [3.8, 4) is 0 Å². The van der Waals surface area contributed by atoms with Crippen molar-refractivity contribution < 1.29 is 4.42 Å². The van der Waals surface area contributed by atoms with Crippen molar-refractivity contribution in [3.63, 3.8) is 0 Å². The molecule has 0 radical (unpaired) electrons. The highest BCUT2D eigenvalue weighted by atomic mass is 35.5. The van der Waals surface area contributed by atoms with E-state index in [1.165, 1.54) is 0 Å². The van der Waals surface area contributed by atoms with E-state index in [4.69, 9.17) is 16.0 Å². The van der Waals surface area contributed by atoms with E-state index >= 15 is 0 Å². The summed E-state index contributed by atoms with van der Waals surface area (Å²) in [6.07, 6.45) is 6.00. The predicted molar refractivity (Wildman–Crippen MR) is 66.7 cm³/mol. The second kappa shape index (κ2) is 4.34. The van der Waals surface area contributed by atoms with Crippen LogP contribution in [0.2, 0.25) is 5.02 Å². The van der Waals surface area contributed by atoms with Crippen molar-refractivity contribution in [2.45, 2.75) is 18.8 Å². The Morgan fingerprint density at radius 1 is 1.18 bits per heavy atom. The lowest BCUT2D eigenvalue weighted by atomic mass is 10.2. The fourth-order valence-electron chi connectivity index (χ4n) is 1.58. The highest BCUT2D eigenvalue weighted by molar-refractivity contribution is 6.32. The van der Waals surface area contributed by atoms with Crippen LogP contribution in [0.3, 0.4) is 0 Å². The Morgan fingerprint density at radius 2 is 2.00 bits per heavy atom. The van der Waals surface area contributed by atoms with Gasteiger partial charge in [0.05, 0.1) is 0 Å². The molecule has 17 heavy (non-hydrogen) atoms. The zero-order valence-electron chi connectivity index (χ0n) is 9.14. The van der Waals surface area contributed by atoms with Crippen LogP contribution in [-0.2, 0) is 0 Å². The first-order chi connectivity index (χ1) is 8.33. The Morgan fingerprint density at radius 3 is 2.76 bits per heavy atom. The molecule has 0 unspecified atom stereocenters. The van der Waals surface area contributed by atoms with E-state index in [0.29, 0.717) is 16.8 Å². The molecule has 0 bridgehead atoms. The van der Waals surface area contributed by atoms with Crippen molar-refractivity contribution in [1.29, 1.82) is 0 Å². The van der Waals surface area contributed by atoms with Crippen LogP contribution in [0.1, 0.15) is 36.1 Å². The Bertz CT molecular complexity index is 558. The van der Waals surface area contributed by atoms with Gasteiger partial charge in [-0.2, -0.15) is 0 Å². The second-order valence-corrected chi connectivity index (χ2v) is 4.51. The summed E-state index contributed by atoms with van der Waals surface area (Å²) in [5, 5.41) is 8.70. The first-order valence-corrected chi connectivity index (χ1v) is 5.97. The highest BCUT2D eigenvalue weighted by Crippen LogP contribution is 2.39. The maximum atomic E-state index is 6.04. The van der Waals surface area contributed by atoms with Crippen LogP contribution in [0.25, 0.3) is 12.2 Å². The number of hydrogen-bond donors (Lipinski definition) is 0. The molecule has 1 aliphatic carbocycles. The molecule has 1 saturated carbocycles. The Labute approximate surface area is 104 Å². The average Bonchev–Trinajstić information content (AvgIpc) is 3.08. The van der Waals surface area contributed by atoms with Gasteiger partial charge in [0.2, 0.25) is 11.8 Å². The van der Waals surface area contributed by atoms with Gasteiger partial charge in [0.25, 0.3) is 0 Å². The molecular formula is C13H11ClN2O. The van der Waals surface area contributed by atoms with Crippen LogP contribution < -0.4 is 0 Å². The first-order valence-electron chi connectivity index (χ1n) is 5.59. The smallest absolute Gasteiger partial charge is 0.240 e. The number of aromatic nitrogens is 2. The standard InChI is InChI=1S/C13H11ClN2O/c14-11-4-2-1-3-9(11)7-8-12-15-16-13(17-12)10-5-6-10/h1-4,7-8,10H,5-6H2/b8-7-. The van der Waals surface area contributed by atoms with Gasteiger partial charge >= 0.3 is 0 Å². The Balaban J connectivity index is 1.79. The normalized spacial score (nSPS) is 15.6. The lowest BCUT2D eigenvalue weighted by molar-refractivity contribution is 0.488. The SMILES string of the molecule is Clc1ccccc1/C=C\c1nnc(C2CC2)o1. The van der Waals surface area contributed by atoms with E-state index in [2.05, 4.69) is 10.2 Å². The van der Waals surface area contributed by atoms with Gasteiger partial charge in [0, 0.05) is 17.0 Å². The summed E-state index contributed by atoms with van der Waals surface area (Å²) in [7, 11) is 0. The van der Waals surface area contributed by atoms with E-state index in [0.717, 1.165) is 24.3 Å². The Hall–Kier alpha value is -1.61. The van der Waals surface area contributed by atoms with E-state index in [1.54, 1.807) is 6.08 Å². The van der Waals surface area contributed by atoms with Crippen LogP contribution in [0.15, 0.2) is 28.7 Å². The first kappa shape index (κ1) is 10.5. The fourth-order valence-corrected chi connectivity index (χ4v) is 1.78. The van der Waals surface area contributed by atoms with Crippen molar-refractivity contribution in [1.82, 2.24) is 10.2 Å². The van der Waals surface area contributed by atoms with Crippen molar-refractivity contribution >= 4 is 23.8 Å². The Kier molecular flexibility index (Phi) is 2.69. The molecule has 2 aromatic rings. The summed E-state index contributed by atoms with van der Waals surface area (Å²) >= 11 is 6.04. The van der Waals surface area contributed by atoms with Gasteiger partial charge < -0.3 is 4.42 Å². The summed E-state index contributed by atoms with van der Waals surface area (Å²) in [5.41, 5.74) is 0.945. The van der Waals surface area contributed by atoms with Crippen molar-refractivity contribution in [3.05, 3.63) is 46.6 Å². The molecule has 0 saturated heterocycles. The third-order valence-corrected chi connectivity index (χ3v) is 3.04. The molecule has 0 aliphatic heterocycles. The maximum absolute atomic E-state index is 6.04. The molecule has 1 aromatic heterocycles. The van der Waals surface area contributed by atoms with Gasteiger partial charge in [-0.1, -0.05) is 29.8 Å². The second-order valence-electron chi connectivity index (χ2n) is 4.11. The molecule has 0 N–H and O–H groups in total. The molecule has 3 nitrogen and oxygen atoms in total. The summed E-state index contributed by atoms with van der Waals surface area (Å²) < 4.78 is 5.52. The topological polar surface area (TPSA) is 38.9 Å². The molecule has 1 aliphatic rings. The number of hydrogen-bond acceptors (Lipinski definition) is 3. The van der Waals surface area contributed by atoms with Gasteiger partial charge in [-0.3, -0.25) is 0 Å². The number of halogens is 1. The quantitative estimate of drug-likeness (QED) is 0.828. The van der Waals surface area contributed by atoms with Crippen LogP contribution >= 0.6 is 11.6 Å². The lowest BCUT2D eigenvalue weighted by Gasteiger charge is -1.94. The van der Waals surface area contributed by atoms with Gasteiger partial charge in [-0.25, -0.2) is 0 Å². The third kappa shape index (κ3) is 2.39. The number of benzene rings is 1. The largest absolute Gasteiger partial charge is 0.421 e. The third-order valence-electron chi connectivity index (χ3n) is 2.69. The molecule has 3 rings (SSSR count). The van der Waals surface area contributed by atoms with E-state index in [1.807, 2.05) is 30.3 Å². The molecule has 0 atom stereocenters. The monoisotopic (exact) mass is 246 g/mol. The number of rotatable bonds is 3. The molecule has 0 amide bonds. The van der Waals surface area contributed by atoms with E-state index in [9.17, 15) is 0 Å². The lowest BCUT2D eigenvalue weighted by Crippen LogP contribution is -1.76. The van der Waals surface area contributed by atoms with Gasteiger partial charge in [-0.15, -0.1) is 10.2 Å². The van der Waals surface area contributed by atoms with Crippen LogP contribution in [-0.4, -0.2) is 10.2 Å². The fraction of sp³-hybridized carbons (Fsp3) is 0.231. The van der Waals surface area contributed by atoms with Crippen LogP contribution in [0, 0.1) is 0 Å². The zero-order valence-corrected chi connectivity index (χ0v) is 9.89. The van der Waals surface area contributed by atoms with Crippen molar-refractivity contribution in [2.24, 2.45) is 0 Å². The molecule has 0 spiro atoms. The van der Waals surface area contributed by atoms with E-state index in [-0.39, 0.29) is 0 Å². The minimum absolute atomic E-state index is 0.491. The minimum Gasteiger partial charge on any atom is -0.421 e. The zero-order chi connectivity index (χ0) is 11.7. The predicted octanol–water partition coefficient (Wildman–Crippen LogP) is 3.77. The maximum Gasteiger partial charge on any atom is 0.240 e. The average molecular weight is 247 g/mol. The van der Waals surface area contributed by atoms with E-state index < -0.39 is 0 Å². The summed E-state index contributed by atoms with van der Waals surface area (Å²) in [6.45, 7) is 0.